The molecule has 0 aromatic heterocycles. The van der Waals surface area contributed by atoms with Gasteiger partial charge in [-0.15, -0.1) is 0 Å². The fraction of sp³-hybridized carbons (Fsp3) is 0.423. The molecule has 3 rings (SSSR count). The number of hydrogen-bond acceptors (Lipinski definition) is 6. The first-order valence-electron chi connectivity index (χ1n) is 11.4. The van der Waals surface area contributed by atoms with Gasteiger partial charge in [0.2, 0.25) is 6.29 Å². The third-order valence-electron chi connectivity index (χ3n) is 6.01. The van der Waals surface area contributed by atoms with E-state index >= 15 is 0 Å². The van der Waals surface area contributed by atoms with Crippen molar-refractivity contribution in [2.45, 2.75) is 70.4 Å². The number of ether oxygens (including phenoxy) is 2. The third kappa shape index (κ3) is 6.34. The Morgan fingerprint density at radius 2 is 1.86 bits per heavy atom. The molecular formula is C26H33ClN2O6. The minimum Gasteiger partial charge on any atom is -0.460 e. The van der Waals surface area contributed by atoms with Crippen LogP contribution in [-0.2, 0) is 10.3 Å². The minimum absolute atomic E-state index is 0.139. The van der Waals surface area contributed by atoms with E-state index in [2.05, 4.69) is 17.2 Å². The lowest BCUT2D eigenvalue weighted by molar-refractivity contribution is -0.272. The number of allylic oxidation sites excluding steroid dienone is 1. The molecule has 0 radical (unpaired) electrons. The zero-order valence-corrected chi connectivity index (χ0v) is 21.0. The maximum Gasteiger partial charge on any atom is 0.319 e. The summed E-state index contributed by atoms with van der Waals surface area (Å²) in [6.45, 7) is 11.5. The van der Waals surface area contributed by atoms with Crippen molar-refractivity contribution in [2.75, 3.05) is 5.32 Å². The van der Waals surface area contributed by atoms with Crippen molar-refractivity contribution in [3.05, 3.63) is 65.2 Å². The number of aliphatic hydroxyl groups is 3. The Balaban J connectivity index is 1.71. The maximum atomic E-state index is 12.8. The Morgan fingerprint density at radius 1 is 1.14 bits per heavy atom. The van der Waals surface area contributed by atoms with Crippen molar-refractivity contribution in [3.63, 3.8) is 0 Å². The molecule has 2 aromatic carbocycles. The Hall–Kier alpha value is -2.62. The number of aliphatic hydroxyl groups excluding tert-OH is 3. The Morgan fingerprint density at radius 3 is 2.51 bits per heavy atom. The summed E-state index contributed by atoms with van der Waals surface area (Å²) in [4.78, 5) is 12.8. The first-order valence-corrected chi connectivity index (χ1v) is 11.8. The topological polar surface area (TPSA) is 120 Å². The molecular weight excluding hydrogens is 472 g/mol. The summed E-state index contributed by atoms with van der Waals surface area (Å²) >= 11 is 6.25. The molecule has 190 valence electrons. The summed E-state index contributed by atoms with van der Waals surface area (Å²) in [5, 5.41) is 36.4. The van der Waals surface area contributed by atoms with Gasteiger partial charge in [0, 0.05) is 11.8 Å². The molecule has 5 unspecified atom stereocenters. The Labute approximate surface area is 210 Å². The van der Waals surface area contributed by atoms with Gasteiger partial charge >= 0.3 is 6.03 Å². The van der Waals surface area contributed by atoms with Gasteiger partial charge in [0.1, 0.15) is 24.1 Å². The smallest absolute Gasteiger partial charge is 0.319 e. The van der Waals surface area contributed by atoms with E-state index in [1.807, 2.05) is 45.0 Å². The monoisotopic (exact) mass is 504 g/mol. The predicted molar refractivity (Wildman–Crippen MR) is 135 cm³/mol. The van der Waals surface area contributed by atoms with Gasteiger partial charge in [-0.05, 0) is 56.5 Å². The highest BCUT2D eigenvalue weighted by Gasteiger charge is 2.44. The highest BCUT2D eigenvalue weighted by atomic mass is 35.5. The Kier molecular flexibility index (Phi) is 8.46. The van der Waals surface area contributed by atoms with Crippen molar-refractivity contribution in [2.24, 2.45) is 0 Å². The molecule has 2 amide bonds. The van der Waals surface area contributed by atoms with Crippen LogP contribution in [-0.4, -0.2) is 52.1 Å². The molecule has 9 heteroatoms. The van der Waals surface area contributed by atoms with E-state index < -0.39 is 42.3 Å². The molecule has 1 aliphatic heterocycles. The number of anilines is 1. The van der Waals surface area contributed by atoms with Crippen LogP contribution in [0.1, 0.15) is 45.2 Å². The fourth-order valence-corrected chi connectivity index (χ4v) is 4.00. The molecule has 5 N–H and O–H groups in total. The average molecular weight is 505 g/mol. The van der Waals surface area contributed by atoms with Crippen molar-refractivity contribution >= 4 is 28.9 Å². The normalized spacial score (nSPS) is 24.5. The minimum atomic E-state index is -1.49. The number of halogens is 1. The number of carbonyl (C=O) groups excluding carboxylic acids is 1. The second kappa shape index (κ2) is 11.0. The molecule has 35 heavy (non-hydrogen) atoms. The first-order chi connectivity index (χ1) is 16.4. The molecule has 0 spiro atoms. The number of benzene rings is 2. The van der Waals surface area contributed by atoms with E-state index in [0.717, 1.165) is 16.7 Å². The van der Waals surface area contributed by atoms with Crippen LogP contribution in [0.5, 0.6) is 5.75 Å². The SMILES string of the molecule is C=C(C)c1cccc(C(C)(C)NC(=O)Nc2ccc(Cl)c(OC3OC(CC)C(O)C(O)C3O)c2)c1. The second-order valence-electron chi connectivity index (χ2n) is 9.25. The number of urea groups is 1. The molecule has 1 heterocycles. The lowest BCUT2D eigenvalue weighted by atomic mass is 9.92. The highest BCUT2D eigenvalue weighted by Crippen LogP contribution is 2.32. The fourth-order valence-electron chi connectivity index (χ4n) is 3.84. The lowest BCUT2D eigenvalue weighted by Crippen LogP contribution is -2.58. The molecule has 2 aromatic rings. The summed E-state index contributed by atoms with van der Waals surface area (Å²) in [7, 11) is 0. The third-order valence-corrected chi connectivity index (χ3v) is 6.32. The number of carbonyl (C=O) groups is 1. The average Bonchev–Trinajstić information content (AvgIpc) is 2.81. The van der Waals surface area contributed by atoms with E-state index in [1.54, 1.807) is 13.0 Å². The van der Waals surface area contributed by atoms with Crippen molar-refractivity contribution in [3.8, 4) is 5.75 Å². The first kappa shape index (κ1) is 27.0. The van der Waals surface area contributed by atoms with Gasteiger partial charge in [-0.25, -0.2) is 4.79 Å². The van der Waals surface area contributed by atoms with Crippen LogP contribution in [0, 0.1) is 0 Å². The predicted octanol–water partition coefficient (Wildman–Crippen LogP) is 4.03. The molecule has 5 atom stereocenters. The van der Waals surface area contributed by atoms with Gasteiger partial charge in [0.25, 0.3) is 0 Å². The summed E-state index contributed by atoms with van der Waals surface area (Å²) in [5.74, 6) is 0.139. The van der Waals surface area contributed by atoms with Crippen LogP contribution < -0.4 is 15.4 Å². The van der Waals surface area contributed by atoms with Gasteiger partial charge in [-0.2, -0.15) is 0 Å². The second-order valence-corrected chi connectivity index (χ2v) is 9.66. The zero-order valence-electron chi connectivity index (χ0n) is 20.3. The molecule has 1 fully saturated rings. The lowest BCUT2D eigenvalue weighted by Gasteiger charge is -2.40. The highest BCUT2D eigenvalue weighted by molar-refractivity contribution is 6.32. The number of amides is 2. The molecule has 0 saturated carbocycles. The van der Waals surface area contributed by atoms with Crippen LogP contribution in [0.3, 0.4) is 0 Å². The van der Waals surface area contributed by atoms with Gasteiger partial charge in [-0.1, -0.05) is 48.9 Å². The van der Waals surface area contributed by atoms with E-state index in [9.17, 15) is 20.1 Å². The summed E-state index contributed by atoms with van der Waals surface area (Å²) in [6, 6.07) is 12.0. The van der Waals surface area contributed by atoms with Gasteiger partial charge in [0.05, 0.1) is 16.7 Å². The van der Waals surface area contributed by atoms with Crippen LogP contribution in [0.2, 0.25) is 5.02 Å². The van der Waals surface area contributed by atoms with E-state index in [1.165, 1.54) is 12.1 Å². The standard InChI is InChI=1S/C26H33ClN2O6/c1-6-19-21(30)22(31)23(32)24(34-19)35-20-13-17(10-11-18(20)27)28-25(33)29-26(4,5)16-9-7-8-15(12-16)14(2)3/h7-13,19,21-24,30-32H,2,6H2,1,3-5H3,(H2,28,29,33). The van der Waals surface area contributed by atoms with E-state index in [-0.39, 0.29) is 10.8 Å². The molecule has 0 aliphatic carbocycles. The quantitative estimate of drug-likeness (QED) is 0.388. The summed E-state index contributed by atoms with van der Waals surface area (Å²) < 4.78 is 11.3. The summed E-state index contributed by atoms with van der Waals surface area (Å²) in [6.07, 6.45) is -5.71. The van der Waals surface area contributed by atoms with Gasteiger partial charge in [-0.3, -0.25) is 0 Å². The number of rotatable bonds is 7. The molecule has 8 nitrogen and oxygen atoms in total. The molecule has 0 bridgehead atoms. The molecule has 1 aliphatic rings. The van der Waals surface area contributed by atoms with Crippen LogP contribution in [0.25, 0.3) is 5.57 Å². The summed E-state index contributed by atoms with van der Waals surface area (Å²) in [5.41, 5.74) is 2.56. The number of nitrogens with one attached hydrogen (secondary N) is 2. The van der Waals surface area contributed by atoms with Crippen LogP contribution in [0.4, 0.5) is 10.5 Å². The number of hydrogen-bond donors (Lipinski definition) is 5. The van der Waals surface area contributed by atoms with Gasteiger partial charge < -0.3 is 35.4 Å². The van der Waals surface area contributed by atoms with Crippen molar-refractivity contribution in [1.29, 1.82) is 0 Å². The largest absolute Gasteiger partial charge is 0.460 e. The molecule has 1 saturated heterocycles. The van der Waals surface area contributed by atoms with E-state index in [4.69, 9.17) is 21.1 Å². The zero-order chi connectivity index (χ0) is 25.9. The maximum absolute atomic E-state index is 12.8. The van der Waals surface area contributed by atoms with Gasteiger partial charge in [0.15, 0.2) is 0 Å². The van der Waals surface area contributed by atoms with Crippen LogP contribution >= 0.6 is 11.6 Å². The van der Waals surface area contributed by atoms with Crippen molar-refractivity contribution in [1.82, 2.24) is 5.32 Å². The van der Waals surface area contributed by atoms with Crippen LogP contribution in [0.15, 0.2) is 49.0 Å². The Bertz CT molecular complexity index is 1070. The van der Waals surface area contributed by atoms with Crippen molar-refractivity contribution < 1.29 is 29.6 Å². The van der Waals surface area contributed by atoms with E-state index in [0.29, 0.717) is 12.1 Å².